The predicted octanol–water partition coefficient (Wildman–Crippen LogP) is 3.39. The van der Waals surface area contributed by atoms with Gasteiger partial charge in [0.25, 0.3) is 11.5 Å². The molecule has 3 aromatic rings. The van der Waals surface area contributed by atoms with Crippen LogP contribution in [0.25, 0.3) is 5.69 Å². The van der Waals surface area contributed by atoms with Crippen molar-refractivity contribution in [1.82, 2.24) is 20.2 Å². The Balaban J connectivity index is 1.29. The molecule has 35 heavy (non-hydrogen) atoms. The summed E-state index contributed by atoms with van der Waals surface area (Å²) >= 11 is 0. The number of hydrogen-bond donors (Lipinski definition) is 3. The van der Waals surface area contributed by atoms with E-state index in [1.165, 1.54) is 4.57 Å². The maximum Gasteiger partial charge on any atom is 0.298 e. The Hall–Kier alpha value is -3.94. The number of carbonyl (C=O) groups excluding carboxylic acids is 2. The van der Waals surface area contributed by atoms with E-state index in [-0.39, 0.29) is 29.2 Å². The van der Waals surface area contributed by atoms with Gasteiger partial charge in [0, 0.05) is 42.1 Å². The highest BCUT2D eigenvalue weighted by Gasteiger charge is 2.24. The standard InChI is InChI=1S/C27H29N5O3/c1-17-2-6-19(26(34)31-22-11-12-22)16-23(17)32-15-14-28-25(27(32)35)30-21-7-3-18(4-8-21)5-13-24(33)29-20-9-10-20/h2-4,6-8,14-16,20,22H,5,9-13H2,1H3,(H,28,30)(H,29,33)(H,31,34). The second-order valence-corrected chi connectivity index (χ2v) is 9.36. The minimum Gasteiger partial charge on any atom is -0.353 e. The number of nitrogens with zero attached hydrogens (tertiary/aromatic N) is 2. The maximum atomic E-state index is 13.2. The van der Waals surface area contributed by atoms with Crippen LogP contribution >= 0.6 is 0 Å². The monoisotopic (exact) mass is 471 g/mol. The first-order chi connectivity index (χ1) is 17.0. The second-order valence-electron chi connectivity index (χ2n) is 9.36. The molecule has 0 atom stereocenters. The highest BCUT2D eigenvalue weighted by molar-refractivity contribution is 5.95. The average Bonchev–Trinajstić information content (AvgIpc) is 3.78. The van der Waals surface area contributed by atoms with E-state index in [0.717, 1.165) is 42.5 Å². The van der Waals surface area contributed by atoms with Gasteiger partial charge in [-0.15, -0.1) is 0 Å². The summed E-state index contributed by atoms with van der Waals surface area (Å²) in [5.41, 5.74) is 3.52. The van der Waals surface area contributed by atoms with Crippen molar-refractivity contribution in [1.29, 1.82) is 0 Å². The number of amides is 2. The van der Waals surface area contributed by atoms with Crippen LogP contribution in [0.5, 0.6) is 0 Å². The maximum absolute atomic E-state index is 13.2. The van der Waals surface area contributed by atoms with E-state index < -0.39 is 0 Å². The molecule has 5 rings (SSSR count). The molecule has 2 aliphatic carbocycles. The molecular formula is C27H29N5O3. The van der Waals surface area contributed by atoms with E-state index in [2.05, 4.69) is 20.9 Å². The zero-order valence-electron chi connectivity index (χ0n) is 19.7. The van der Waals surface area contributed by atoms with Crippen LogP contribution < -0.4 is 21.5 Å². The Labute approximate surface area is 203 Å². The molecule has 0 saturated heterocycles. The van der Waals surface area contributed by atoms with Gasteiger partial charge in [0.1, 0.15) is 0 Å². The SMILES string of the molecule is Cc1ccc(C(=O)NC2CC2)cc1-n1ccnc(Nc2ccc(CCC(=O)NC3CC3)cc2)c1=O. The summed E-state index contributed by atoms with van der Waals surface area (Å²) in [7, 11) is 0. The Bertz CT molecular complexity index is 1310. The quantitative estimate of drug-likeness (QED) is 0.444. The van der Waals surface area contributed by atoms with Gasteiger partial charge in [-0.2, -0.15) is 0 Å². The number of rotatable bonds is 9. The normalized spacial score (nSPS) is 14.9. The Morgan fingerprint density at radius 3 is 2.43 bits per heavy atom. The first-order valence-corrected chi connectivity index (χ1v) is 12.1. The molecule has 8 heteroatoms. The lowest BCUT2D eigenvalue weighted by Crippen LogP contribution is -2.26. The Kier molecular flexibility index (Phi) is 6.35. The lowest BCUT2D eigenvalue weighted by atomic mass is 10.1. The lowest BCUT2D eigenvalue weighted by molar-refractivity contribution is -0.121. The van der Waals surface area contributed by atoms with Gasteiger partial charge in [0.05, 0.1) is 5.69 Å². The first-order valence-electron chi connectivity index (χ1n) is 12.1. The highest BCUT2D eigenvalue weighted by atomic mass is 16.2. The fraction of sp³-hybridized carbons (Fsp3) is 0.333. The van der Waals surface area contributed by atoms with Crippen molar-refractivity contribution >= 4 is 23.3 Å². The molecule has 180 valence electrons. The smallest absolute Gasteiger partial charge is 0.298 e. The molecule has 1 aromatic heterocycles. The fourth-order valence-electron chi connectivity index (χ4n) is 3.87. The molecule has 2 fully saturated rings. The summed E-state index contributed by atoms with van der Waals surface area (Å²) in [5, 5.41) is 9.08. The molecule has 2 aliphatic rings. The summed E-state index contributed by atoms with van der Waals surface area (Å²) in [6.07, 6.45) is 8.50. The molecule has 3 N–H and O–H groups in total. The molecule has 8 nitrogen and oxygen atoms in total. The van der Waals surface area contributed by atoms with Crippen molar-refractivity contribution in [2.75, 3.05) is 5.32 Å². The zero-order valence-corrected chi connectivity index (χ0v) is 19.7. The van der Waals surface area contributed by atoms with E-state index in [1.807, 2.05) is 37.3 Å². The molecule has 2 saturated carbocycles. The van der Waals surface area contributed by atoms with Crippen LogP contribution in [0.15, 0.2) is 59.7 Å². The number of aromatic nitrogens is 2. The van der Waals surface area contributed by atoms with Gasteiger partial charge < -0.3 is 16.0 Å². The van der Waals surface area contributed by atoms with Gasteiger partial charge in [0.15, 0.2) is 5.82 Å². The second kappa shape index (κ2) is 9.74. The molecule has 0 unspecified atom stereocenters. The van der Waals surface area contributed by atoms with Crippen LogP contribution in [0.4, 0.5) is 11.5 Å². The summed E-state index contributed by atoms with van der Waals surface area (Å²) in [6.45, 7) is 1.90. The number of aryl methyl sites for hydroxylation is 2. The van der Waals surface area contributed by atoms with E-state index in [4.69, 9.17) is 0 Å². The van der Waals surface area contributed by atoms with Crippen molar-refractivity contribution in [3.63, 3.8) is 0 Å². The van der Waals surface area contributed by atoms with Crippen LogP contribution in [0.1, 0.15) is 53.6 Å². The number of carbonyl (C=O) groups is 2. The van der Waals surface area contributed by atoms with Crippen LogP contribution in [-0.2, 0) is 11.2 Å². The third-order valence-corrected chi connectivity index (χ3v) is 6.28. The van der Waals surface area contributed by atoms with Crippen LogP contribution in [0, 0.1) is 6.92 Å². The molecule has 2 aromatic carbocycles. The van der Waals surface area contributed by atoms with Gasteiger partial charge in [-0.25, -0.2) is 4.98 Å². The predicted molar refractivity (Wildman–Crippen MR) is 134 cm³/mol. The van der Waals surface area contributed by atoms with Crippen molar-refractivity contribution in [2.45, 2.75) is 57.5 Å². The van der Waals surface area contributed by atoms with Crippen LogP contribution in [-0.4, -0.2) is 33.4 Å². The van der Waals surface area contributed by atoms with Gasteiger partial charge in [-0.05, 0) is 74.4 Å². The first kappa shape index (κ1) is 22.8. The van der Waals surface area contributed by atoms with Gasteiger partial charge in [-0.3, -0.25) is 19.0 Å². The number of nitrogens with one attached hydrogen (secondary N) is 3. The molecular weight excluding hydrogens is 442 g/mol. The highest BCUT2D eigenvalue weighted by Crippen LogP contribution is 2.21. The van der Waals surface area contributed by atoms with Crippen LogP contribution in [0.2, 0.25) is 0 Å². The van der Waals surface area contributed by atoms with Crippen LogP contribution in [0.3, 0.4) is 0 Å². The van der Waals surface area contributed by atoms with E-state index in [9.17, 15) is 14.4 Å². The third-order valence-electron chi connectivity index (χ3n) is 6.28. The number of hydrogen-bond acceptors (Lipinski definition) is 5. The molecule has 0 bridgehead atoms. The van der Waals surface area contributed by atoms with Gasteiger partial charge in [-0.1, -0.05) is 18.2 Å². The van der Waals surface area contributed by atoms with Crippen molar-refractivity contribution in [3.05, 3.63) is 81.9 Å². The Morgan fingerprint density at radius 2 is 1.71 bits per heavy atom. The Morgan fingerprint density at radius 1 is 1.00 bits per heavy atom. The molecule has 0 spiro atoms. The third kappa shape index (κ3) is 5.77. The van der Waals surface area contributed by atoms with Crippen molar-refractivity contribution in [3.8, 4) is 5.69 Å². The van der Waals surface area contributed by atoms with E-state index >= 15 is 0 Å². The summed E-state index contributed by atoms with van der Waals surface area (Å²) in [5.74, 6) is 0.156. The molecule has 1 heterocycles. The lowest BCUT2D eigenvalue weighted by Gasteiger charge is -2.13. The minimum atomic E-state index is -0.309. The molecule has 0 aliphatic heterocycles. The molecule has 0 radical (unpaired) electrons. The number of anilines is 2. The summed E-state index contributed by atoms with van der Waals surface area (Å²) in [4.78, 5) is 41.9. The van der Waals surface area contributed by atoms with Crippen molar-refractivity contribution in [2.24, 2.45) is 0 Å². The topological polar surface area (TPSA) is 105 Å². The minimum absolute atomic E-state index is 0.0909. The number of benzene rings is 2. The van der Waals surface area contributed by atoms with Crippen molar-refractivity contribution < 1.29 is 9.59 Å². The van der Waals surface area contributed by atoms with E-state index in [0.29, 0.717) is 30.1 Å². The molecule has 2 amide bonds. The summed E-state index contributed by atoms with van der Waals surface area (Å²) in [6, 6.07) is 13.6. The van der Waals surface area contributed by atoms with E-state index in [1.54, 1.807) is 24.5 Å². The average molecular weight is 472 g/mol. The fourth-order valence-corrected chi connectivity index (χ4v) is 3.87. The van der Waals surface area contributed by atoms with Gasteiger partial charge in [0.2, 0.25) is 5.91 Å². The zero-order chi connectivity index (χ0) is 24.4. The van der Waals surface area contributed by atoms with Gasteiger partial charge >= 0.3 is 0 Å². The summed E-state index contributed by atoms with van der Waals surface area (Å²) < 4.78 is 1.51. The largest absolute Gasteiger partial charge is 0.353 e.